The summed E-state index contributed by atoms with van der Waals surface area (Å²) in [5, 5.41) is 20.4. The highest BCUT2D eigenvalue weighted by Crippen LogP contribution is 2.26. The van der Waals surface area contributed by atoms with E-state index in [1.54, 1.807) is 25.1 Å². The number of H-pyrrole nitrogens is 1. The first kappa shape index (κ1) is 19.3. The number of hydrogen-bond donors (Lipinski definition) is 2. The molecule has 0 aliphatic carbocycles. The number of carbonyl (C=O) groups is 1. The molecule has 1 unspecified atom stereocenters. The van der Waals surface area contributed by atoms with Gasteiger partial charge in [-0.25, -0.2) is 4.98 Å². The van der Waals surface area contributed by atoms with E-state index in [1.807, 2.05) is 36.4 Å². The number of aromatic amines is 1. The average molecular weight is 395 g/mol. The van der Waals surface area contributed by atoms with Gasteiger partial charge >= 0.3 is 0 Å². The minimum Gasteiger partial charge on any atom is -0.319 e. The molecule has 9 heteroatoms. The molecule has 1 aromatic heterocycles. The van der Waals surface area contributed by atoms with Gasteiger partial charge in [0.2, 0.25) is 11.1 Å². The quantitative estimate of drug-likeness (QED) is 0.355. The molecule has 0 fully saturated rings. The van der Waals surface area contributed by atoms with Crippen LogP contribution in [-0.2, 0) is 4.79 Å². The lowest BCUT2D eigenvalue weighted by molar-refractivity contribution is -0.383. The zero-order valence-corrected chi connectivity index (χ0v) is 15.7. The summed E-state index contributed by atoms with van der Waals surface area (Å²) in [4.78, 5) is 27.2. The van der Waals surface area contributed by atoms with Crippen LogP contribution in [0.25, 0.3) is 12.2 Å². The number of nitrogens with one attached hydrogen (secondary N) is 2. The van der Waals surface area contributed by atoms with Crippen LogP contribution in [0.3, 0.4) is 0 Å². The van der Waals surface area contributed by atoms with Crippen molar-refractivity contribution in [1.82, 2.24) is 15.2 Å². The molecule has 1 amide bonds. The Hall–Kier alpha value is -3.46. The Morgan fingerprint density at radius 2 is 1.89 bits per heavy atom. The first-order chi connectivity index (χ1) is 13.5. The first-order valence-electron chi connectivity index (χ1n) is 8.39. The molecule has 2 aromatic carbocycles. The highest BCUT2D eigenvalue weighted by atomic mass is 32.2. The number of benzene rings is 2. The van der Waals surface area contributed by atoms with Crippen molar-refractivity contribution >= 4 is 41.2 Å². The second-order valence-electron chi connectivity index (χ2n) is 5.77. The van der Waals surface area contributed by atoms with Gasteiger partial charge in [-0.15, -0.1) is 5.10 Å². The molecule has 0 spiro atoms. The van der Waals surface area contributed by atoms with Crippen molar-refractivity contribution in [2.45, 2.75) is 17.3 Å². The van der Waals surface area contributed by atoms with E-state index >= 15 is 0 Å². The van der Waals surface area contributed by atoms with Crippen LogP contribution in [0.1, 0.15) is 18.3 Å². The molecule has 0 aliphatic rings. The minimum atomic E-state index is -0.540. The number of nitrogens with zero attached hydrogens (tertiary/aromatic N) is 3. The number of carbonyl (C=O) groups excluding carboxylic acids is 1. The van der Waals surface area contributed by atoms with Crippen molar-refractivity contribution in [2.75, 3.05) is 5.32 Å². The lowest BCUT2D eigenvalue weighted by atomic mass is 10.2. The summed E-state index contributed by atoms with van der Waals surface area (Å²) < 4.78 is 0. The molecule has 8 nitrogen and oxygen atoms in total. The molecule has 0 saturated carbocycles. The summed E-state index contributed by atoms with van der Waals surface area (Å²) >= 11 is 1.16. The summed E-state index contributed by atoms with van der Waals surface area (Å²) in [7, 11) is 0. The third-order valence-corrected chi connectivity index (χ3v) is 4.69. The van der Waals surface area contributed by atoms with E-state index in [0.29, 0.717) is 11.0 Å². The van der Waals surface area contributed by atoms with E-state index in [-0.39, 0.29) is 17.3 Å². The van der Waals surface area contributed by atoms with Crippen LogP contribution >= 0.6 is 11.8 Å². The molecule has 142 valence electrons. The van der Waals surface area contributed by atoms with Crippen LogP contribution in [-0.4, -0.2) is 31.3 Å². The van der Waals surface area contributed by atoms with Gasteiger partial charge < -0.3 is 5.32 Å². The zero-order valence-electron chi connectivity index (χ0n) is 14.9. The standard InChI is InChI=1S/C19H17N5O3S/c1-13(18(25)20-15-9-5-6-10-16(15)24(26)27)28-19-21-17(22-23-19)12-11-14-7-3-2-4-8-14/h2-13H,1H3,(H,20,25)(H,21,22,23)/b12-11+. The van der Waals surface area contributed by atoms with Crippen molar-refractivity contribution < 1.29 is 9.72 Å². The number of anilines is 1. The van der Waals surface area contributed by atoms with E-state index in [4.69, 9.17) is 0 Å². The van der Waals surface area contributed by atoms with Crippen LogP contribution in [0.4, 0.5) is 11.4 Å². The molecule has 3 rings (SSSR count). The SMILES string of the molecule is CC(Sc1n[nH]c(/C=C/c2ccccc2)n1)C(=O)Nc1ccccc1[N+](=O)[O-]. The van der Waals surface area contributed by atoms with E-state index in [1.165, 1.54) is 12.1 Å². The molecule has 1 atom stereocenters. The van der Waals surface area contributed by atoms with Crippen LogP contribution in [0.15, 0.2) is 59.8 Å². The summed E-state index contributed by atoms with van der Waals surface area (Å²) in [6.45, 7) is 1.69. The minimum absolute atomic E-state index is 0.153. The number of nitro groups is 1. The number of thioether (sulfide) groups is 1. The Kier molecular flexibility index (Phi) is 6.18. The third kappa shape index (κ3) is 5.04. The van der Waals surface area contributed by atoms with Crippen LogP contribution in [0, 0.1) is 10.1 Å². The number of nitro benzene ring substituents is 1. The molecular formula is C19H17N5O3S. The van der Waals surface area contributed by atoms with Gasteiger partial charge in [-0.2, -0.15) is 0 Å². The van der Waals surface area contributed by atoms with E-state index in [9.17, 15) is 14.9 Å². The maximum absolute atomic E-state index is 12.4. The number of hydrogen-bond acceptors (Lipinski definition) is 6. The maximum atomic E-state index is 12.4. The lowest BCUT2D eigenvalue weighted by Gasteiger charge is -2.10. The monoisotopic (exact) mass is 395 g/mol. The number of rotatable bonds is 7. The fourth-order valence-electron chi connectivity index (χ4n) is 2.31. The predicted octanol–water partition coefficient (Wildman–Crippen LogP) is 4.00. The van der Waals surface area contributed by atoms with Crippen LogP contribution in [0.2, 0.25) is 0 Å². The molecule has 0 saturated heterocycles. The van der Waals surface area contributed by atoms with Gasteiger partial charge in [0.25, 0.3) is 5.69 Å². The molecule has 2 N–H and O–H groups in total. The second-order valence-corrected chi connectivity index (χ2v) is 7.08. The van der Waals surface area contributed by atoms with Gasteiger partial charge in [-0.3, -0.25) is 20.0 Å². The van der Waals surface area contributed by atoms with Crippen LogP contribution in [0.5, 0.6) is 0 Å². The number of para-hydroxylation sites is 2. The summed E-state index contributed by atoms with van der Waals surface area (Å²) in [5.41, 5.74) is 1.04. The van der Waals surface area contributed by atoms with E-state index < -0.39 is 10.2 Å². The number of aromatic nitrogens is 3. The molecular weight excluding hydrogens is 378 g/mol. The Morgan fingerprint density at radius 1 is 1.18 bits per heavy atom. The highest BCUT2D eigenvalue weighted by molar-refractivity contribution is 8.00. The van der Waals surface area contributed by atoms with E-state index in [2.05, 4.69) is 20.5 Å². The van der Waals surface area contributed by atoms with Crippen molar-refractivity contribution in [2.24, 2.45) is 0 Å². The molecule has 0 radical (unpaired) electrons. The van der Waals surface area contributed by atoms with Crippen LogP contribution < -0.4 is 5.32 Å². The predicted molar refractivity (Wildman–Crippen MR) is 109 cm³/mol. The van der Waals surface area contributed by atoms with Gasteiger partial charge in [0.1, 0.15) is 11.5 Å². The van der Waals surface area contributed by atoms with E-state index in [0.717, 1.165) is 17.3 Å². The van der Waals surface area contributed by atoms with Gasteiger partial charge in [0.05, 0.1) is 10.2 Å². The lowest BCUT2D eigenvalue weighted by Crippen LogP contribution is -2.23. The normalized spacial score (nSPS) is 12.0. The molecule has 28 heavy (non-hydrogen) atoms. The molecule has 1 heterocycles. The summed E-state index contributed by atoms with van der Waals surface area (Å²) in [6.07, 6.45) is 3.70. The Labute approximate surface area is 165 Å². The molecule has 0 aliphatic heterocycles. The maximum Gasteiger partial charge on any atom is 0.292 e. The summed E-state index contributed by atoms with van der Waals surface area (Å²) in [5.74, 6) is 0.197. The van der Waals surface area contributed by atoms with Gasteiger partial charge in [0, 0.05) is 6.07 Å². The van der Waals surface area contributed by atoms with Crippen molar-refractivity contribution in [3.05, 3.63) is 76.1 Å². The van der Waals surface area contributed by atoms with Crippen molar-refractivity contribution in [1.29, 1.82) is 0 Å². The molecule has 0 bridgehead atoms. The van der Waals surface area contributed by atoms with Gasteiger partial charge in [-0.1, -0.05) is 60.3 Å². The average Bonchev–Trinajstić information content (AvgIpc) is 3.14. The first-order valence-corrected chi connectivity index (χ1v) is 9.27. The Bertz CT molecular complexity index is 1000. The highest BCUT2D eigenvalue weighted by Gasteiger charge is 2.20. The largest absolute Gasteiger partial charge is 0.319 e. The number of amides is 1. The summed E-state index contributed by atoms with van der Waals surface area (Å²) in [6, 6.07) is 15.8. The van der Waals surface area contributed by atoms with Gasteiger partial charge in [-0.05, 0) is 24.6 Å². The van der Waals surface area contributed by atoms with Gasteiger partial charge in [0.15, 0.2) is 0 Å². The molecule has 3 aromatic rings. The smallest absolute Gasteiger partial charge is 0.292 e. The topological polar surface area (TPSA) is 114 Å². The zero-order chi connectivity index (χ0) is 19.9. The van der Waals surface area contributed by atoms with Crippen molar-refractivity contribution in [3.63, 3.8) is 0 Å². The fraction of sp³-hybridized carbons (Fsp3) is 0.105. The Morgan fingerprint density at radius 3 is 2.64 bits per heavy atom. The van der Waals surface area contributed by atoms with Crippen molar-refractivity contribution in [3.8, 4) is 0 Å². The fourth-order valence-corrected chi connectivity index (χ4v) is 3.04. The Balaban J connectivity index is 1.61. The second kappa shape index (κ2) is 8.96. The third-order valence-electron chi connectivity index (χ3n) is 3.73.